The first-order valence-corrected chi connectivity index (χ1v) is 7.85. The predicted molar refractivity (Wildman–Crippen MR) is 92.7 cm³/mol. The Labute approximate surface area is 147 Å². The van der Waals surface area contributed by atoms with Gasteiger partial charge < -0.3 is 15.0 Å². The Morgan fingerprint density at radius 1 is 1.25 bits per heavy atom. The van der Waals surface area contributed by atoms with Crippen LogP contribution in [0, 0.1) is 5.82 Å². The molecule has 1 N–H and O–H groups in total. The standard InChI is InChI=1S/C17H16BrFN2O3/c1-21(10-16(22)20-14-6-4-3-5-13(14)18)17(23)12-9-11(19)7-8-15(12)24-2/h3-9H,10H2,1-2H3,(H,20,22). The molecule has 0 radical (unpaired) electrons. The predicted octanol–water partition coefficient (Wildman–Crippen LogP) is 3.31. The number of carbonyl (C=O) groups is 2. The average molecular weight is 395 g/mol. The molecule has 0 heterocycles. The summed E-state index contributed by atoms with van der Waals surface area (Å²) in [6, 6.07) is 10.8. The Morgan fingerprint density at radius 3 is 2.62 bits per heavy atom. The van der Waals surface area contributed by atoms with Crippen molar-refractivity contribution >= 4 is 33.4 Å². The fraction of sp³-hybridized carbons (Fsp3) is 0.176. The number of carbonyl (C=O) groups excluding carboxylic acids is 2. The molecule has 0 atom stereocenters. The van der Waals surface area contributed by atoms with Crippen LogP contribution in [0.1, 0.15) is 10.4 Å². The molecule has 0 spiro atoms. The van der Waals surface area contributed by atoms with E-state index in [4.69, 9.17) is 4.74 Å². The van der Waals surface area contributed by atoms with Gasteiger partial charge in [0, 0.05) is 11.5 Å². The van der Waals surface area contributed by atoms with Crippen LogP contribution < -0.4 is 10.1 Å². The van der Waals surface area contributed by atoms with E-state index in [1.165, 1.54) is 31.2 Å². The first kappa shape index (κ1) is 17.9. The number of amides is 2. The fourth-order valence-electron chi connectivity index (χ4n) is 2.09. The number of ether oxygens (including phenoxy) is 1. The molecule has 2 rings (SSSR count). The summed E-state index contributed by atoms with van der Waals surface area (Å²) in [5, 5.41) is 2.70. The lowest BCUT2D eigenvalue weighted by atomic mass is 10.1. The molecule has 0 fully saturated rings. The largest absolute Gasteiger partial charge is 0.496 e. The number of rotatable bonds is 5. The summed E-state index contributed by atoms with van der Waals surface area (Å²) in [7, 11) is 2.86. The Kier molecular flexibility index (Phi) is 5.92. The Bertz CT molecular complexity index is 767. The maximum absolute atomic E-state index is 13.4. The van der Waals surface area contributed by atoms with Crippen LogP contribution in [0.3, 0.4) is 0 Å². The van der Waals surface area contributed by atoms with E-state index in [-0.39, 0.29) is 23.8 Å². The molecule has 0 aliphatic rings. The quantitative estimate of drug-likeness (QED) is 0.845. The van der Waals surface area contributed by atoms with E-state index in [0.29, 0.717) is 5.69 Å². The van der Waals surface area contributed by atoms with Gasteiger partial charge in [0.05, 0.1) is 24.9 Å². The number of para-hydroxylation sites is 1. The summed E-state index contributed by atoms with van der Waals surface area (Å²) in [6.07, 6.45) is 0. The molecule has 0 aliphatic heterocycles. The minimum absolute atomic E-state index is 0.0636. The zero-order valence-electron chi connectivity index (χ0n) is 13.2. The van der Waals surface area contributed by atoms with Crippen LogP contribution in [0.15, 0.2) is 46.9 Å². The van der Waals surface area contributed by atoms with Crippen molar-refractivity contribution in [2.45, 2.75) is 0 Å². The molecule has 5 nitrogen and oxygen atoms in total. The molecule has 0 saturated heterocycles. The number of hydrogen-bond acceptors (Lipinski definition) is 3. The van der Waals surface area contributed by atoms with E-state index in [9.17, 15) is 14.0 Å². The van der Waals surface area contributed by atoms with Gasteiger partial charge in [-0.05, 0) is 46.3 Å². The Hall–Kier alpha value is -2.41. The molecule has 2 aromatic carbocycles. The highest BCUT2D eigenvalue weighted by Crippen LogP contribution is 2.22. The molecule has 0 saturated carbocycles. The number of halogens is 2. The van der Waals surface area contributed by atoms with Gasteiger partial charge in [-0.2, -0.15) is 0 Å². The summed E-state index contributed by atoms with van der Waals surface area (Å²) < 4.78 is 19.2. The molecule has 2 amide bonds. The summed E-state index contributed by atoms with van der Waals surface area (Å²) in [5.41, 5.74) is 0.667. The first-order valence-electron chi connectivity index (χ1n) is 7.05. The van der Waals surface area contributed by atoms with Crippen LogP contribution >= 0.6 is 15.9 Å². The maximum atomic E-state index is 13.4. The molecule has 0 aromatic heterocycles. The van der Waals surface area contributed by atoms with Crippen molar-refractivity contribution in [3.8, 4) is 5.75 Å². The number of nitrogens with zero attached hydrogens (tertiary/aromatic N) is 1. The highest BCUT2D eigenvalue weighted by Gasteiger charge is 2.19. The van der Waals surface area contributed by atoms with E-state index in [2.05, 4.69) is 21.2 Å². The van der Waals surface area contributed by atoms with E-state index in [1.54, 1.807) is 18.2 Å². The number of likely N-dealkylation sites (N-methyl/N-ethyl adjacent to an activating group) is 1. The summed E-state index contributed by atoms with van der Waals surface area (Å²) in [6.45, 7) is -0.181. The second-order valence-electron chi connectivity index (χ2n) is 5.03. The number of nitrogens with one attached hydrogen (secondary N) is 1. The number of anilines is 1. The van der Waals surface area contributed by atoms with Gasteiger partial charge in [0.25, 0.3) is 5.91 Å². The average Bonchev–Trinajstić information content (AvgIpc) is 2.56. The number of benzene rings is 2. The second kappa shape index (κ2) is 7.92. The van der Waals surface area contributed by atoms with Gasteiger partial charge in [0.15, 0.2) is 0 Å². The molecule has 24 heavy (non-hydrogen) atoms. The summed E-state index contributed by atoms with van der Waals surface area (Å²) in [4.78, 5) is 25.7. The van der Waals surface area contributed by atoms with Gasteiger partial charge in [-0.25, -0.2) is 4.39 Å². The van der Waals surface area contributed by atoms with E-state index in [1.807, 2.05) is 6.07 Å². The maximum Gasteiger partial charge on any atom is 0.257 e. The van der Waals surface area contributed by atoms with Crippen molar-refractivity contribution < 1.29 is 18.7 Å². The molecular weight excluding hydrogens is 379 g/mol. The zero-order chi connectivity index (χ0) is 17.7. The SMILES string of the molecule is COc1ccc(F)cc1C(=O)N(C)CC(=O)Nc1ccccc1Br. The van der Waals surface area contributed by atoms with Gasteiger partial charge >= 0.3 is 0 Å². The second-order valence-corrected chi connectivity index (χ2v) is 5.89. The normalized spacial score (nSPS) is 10.2. The van der Waals surface area contributed by atoms with E-state index >= 15 is 0 Å². The van der Waals surface area contributed by atoms with Crippen molar-refractivity contribution in [1.29, 1.82) is 0 Å². The topological polar surface area (TPSA) is 58.6 Å². The molecule has 7 heteroatoms. The minimum Gasteiger partial charge on any atom is -0.496 e. The van der Waals surface area contributed by atoms with Gasteiger partial charge in [-0.1, -0.05) is 12.1 Å². The number of methoxy groups -OCH3 is 1. The highest BCUT2D eigenvalue weighted by molar-refractivity contribution is 9.10. The van der Waals surface area contributed by atoms with Crippen LogP contribution in [-0.4, -0.2) is 37.4 Å². The third-order valence-corrected chi connectivity index (χ3v) is 3.96. The molecule has 126 valence electrons. The first-order chi connectivity index (χ1) is 11.4. The van der Waals surface area contributed by atoms with Crippen LogP contribution in [0.25, 0.3) is 0 Å². The lowest BCUT2D eigenvalue weighted by molar-refractivity contribution is -0.116. The van der Waals surface area contributed by atoms with Crippen molar-refractivity contribution in [1.82, 2.24) is 4.90 Å². The van der Waals surface area contributed by atoms with Gasteiger partial charge in [-0.15, -0.1) is 0 Å². The van der Waals surface area contributed by atoms with Gasteiger partial charge in [-0.3, -0.25) is 9.59 Å². The van der Waals surface area contributed by atoms with Crippen molar-refractivity contribution in [2.24, 2.45) is 0 Å². The highest BCUT2D eigenvalue weighted by atomic mass is 79.9. The van der Waals surface area contributed by atoms with E-state index < -0.39 is 11.7 Å². The Morgan fingerprint density at radius 2 is 1.96 bits per heavy atom. The monoisotopic (exact) mass is 394 g/mol. The van der Waals surface area contributed by atoms with Crippen molar-refractivity contribution in [3.63, 3.8) is 0 Å². The Balaban J connectivity index is 2.08. The third kappa shape index (κ3) is 4.32. The molecule has 0 aliphatic carbocycles. The molecule has 0 bridgehead atoms. The smallest absolute Gasteiger partial charge is 0.257 e. The summed E-state index contributed by atoms with van der Waals surface area (Å²) in [5.74, 6) is -1.17. The lowest BCUT2D eigenvalue weighted by Crippen LogP contribution is -2.35. The van der Waals surface area contributed by atoms with Gasteiger partial charge in [0.1, 0.15) is 11.6 Å². The molecule has 0 unspecified atom stereocenters. The minimum atomic E-state index is -0.551. The lowest BCUT2D eigenvalue weighted by Gasteiger charge is -2.18. The zero-order valence-corrected chi connectivity index (χ0v) is 14.8. The summed E-state index contributed by atoms with van der Waals surface area (Å²) >= 11 is 3.33. The van der Waals surface area contributed by atoms with Crippen LogP contribution in [-0.2, 0) is 4.79 Å². The van der Waals surface area contributed by atoms with Gasteiger partial charge in [0.2, 0.25) is 5.91 Å². The number of hydrogen-bond donors (Lipinski definition) is 1. The van der Waals surface area contributed by atoms with Crippen LogP contribution in [0.4, 0.5) is 10.1 Å². The fourth-order valence-corrected chi connectivity index (χ4v) is 2.48. The van der Waals surface area contributed by atoms with Crippen LogP contribution in [0.2, 0.25) is 0 Å². The molecular formula is C17H16BrFN2O3. The van der Waals surface area contributed by atoms with E-state index in [0.717, 1.165) is 10.5 Å². The van der Waals surface area contributed by atoms with Crippen molar-refractivity contribution in [3.05, 3.63) is 58.3 Å². The van der Waals surface area contributed by atoms with Crippen molar-refractivity contribution in [2.75, 3.05) is 26.0 Å². The molecule has 2 aromatic rings. The van der Waals surface area contributed by atoms with Crippen LogP contribution in [0.5, 0.6) is 5.75 Å². The third-order valence-electron chi connectivity index (χ3n) is 3.27.